The van der Waals surface area contributed by atoms with Crippen LogP contribution in [0.4, 0.5) is 0 Å². The highest BCUT2D eigenvalue weighted by molar-refractivity contribution is 5.86. The van der Waals surface area contributed by atoms with Crippen LogP contribution in [0.1, 0.15) is 12.0 Å². The molecule has 1 N–H and O–H groups in total. The van der Waals surface area contributed by atoms with Crippen LogP contribution in [0.15, 0.2) is 42.5 Å². The Morgan fingerprint density at radius 3 is 2.69 bits per heavy atom. The number of nitrogens with one attached hydrogen (secondary N) is 1. The van der Waals surface area contributed by atoms with Crippen molar-refractivity contribution in [3.8, 4) is 0 Å². The number of aryl methyl sites for hydroxylation is 1. The zero-order valence-corrected chi connectivity index (χ0v) is 9.36. The molecule has 0 saturated heterocycles. The van der Waals surface area contributed by atoms with Crippen molar-refractivity contribution in [1.29, 1.82) is 0 Å². The third-order valence-electron chi connectivity index (χ3n) is 2.78. The summed E-state index contributed by atoms with van der Waals surface area (Å²) in [6, 6.07) is 14.5. The molecule has 1 amide bonds. The van der Waals surface area contributed by atoms with Gasteiger partial charge in [-0.05, 0) is 22.8 Å². The van der Waals surface area contributed by atoms with Gasteiger partial charge in [0, 0.05) is 13.5 Å². The van der Waals surface area contributed by atoms with Crippen LogP contribution in [0.3, 0.4) is 0 Å². The summed E-state index contributed by atoms with van der Waals surface area (Å²) in [7, 11) is 1.67. The predicted octanol–water partition coefficient (Wildman–Crippen LogP) is 2.52. The number of carbonyl (C=O) groups is 1. The average Bonchev–Trinajstić information content (AvgIpc) is 2.35. The molecule has 0 aliphatic rings. The fourth-order valence-corrected chi connectivity index (χ4v) is 1.88. The standard InChI is InChI=1S/C14H15NO/c1-15-14(16)10-9-12-7-4-6-11-5-2-3-8-13(11)12/h2-8H,9-10H2,1H3,(H,15,16). The lowest BCUT2D eigenvalue weighted by molar-refractivity contribution is -0.120. The smallest absolute Gasteiger partial charge is 0.220 e. The SMILES string of the molecule is CNC(=O)CCc1cccc2ccccc12. The summed E-state index contributed by atoms with van der Waals surface area (Å²) in [5.41, 5.74) is 1.24. The maximum atomic E-state index is 11.2. The second-order valence-electron chi connectivity index (χ2n) is 3.81. The second kappa shape index (κ2) is 4.79. The van der Waals surface area contributed by atoms with E-state index < -0.39 is 0 Å². The average molecular weight is 213 g/mol. The third-order valence-corrected chi connectivity index (χ3v) is 2.78. The first-order valence-corrected chi connectivity index (χ1v) is 5.48. The lowest BCUT2D eigenvalue weighted by Crippen LogP contribution is -2.17. The Morgan fingerprint density at radius 2 is 1.88 bits per heavy atom. The van der Waals surface area contributed by atoms with Crippen molar-refractivity contribution in [2.24, 2.45) is 0 Å². The van der Waals surface area contributed by atoms with Gasteiger partial charge >= 0.3 is 0 Å². The van der Waals surface area contributed by atoms with Gasteiger partial charge in [-0.25, -0.2) is 0 Å². The van der Waals surface area contributed by atoms with Crippen molar-refractivity contribution >= 4 is 16.7 Å². The van der Waals surface area contributed by atoms with Gasteiger partial charge in [0.1, 0.15) is 0 Å². The van der Waals surface area contributed by atoms with E-state index in [0.29, 0.717) is 6.42 Å². The summed E-state index contributed by atoms with van der Waals surface area (Å²) in [5, 5.41) is 5.12. The molecule has 0 heterocycles. The number of hydrogen-bond acceptors (Lipinski definition) is 1. The maximum Gasteiger partial charge on any atom is 0.220 e. The van der Waals surface area contributed by atoms with E-state index >= 15 is 0 Å². The van der Waals surface area contributed by atoms with Crippen molar-refractivity contribution in [3.63, 3.8) is 0 Å². The van der Waals surface area contributed by atoms with Crippen LogP contribution in [0.2, 0.25) is 0 Å². The van der Waals surface area contributed by atoms with E-state index in [0.717, 1.165) is 6.42 Å². The molecule has 0 aromatic heterocycles. The summed E-state index contributed by atoms with van der Waals surface area (Å²) in [6.07, 6.45) is 1.34. The predicted molar refractivity (Wildman–Crippen MR) is 66.3 cm³/mol. The zero-order chi connectivity index (χ0) is 11.4. The van der Waals surface area contributed by atoms with Crippen molar-refractivity contribution in [2.75, 3.05) is 7.05 Å². The highest BCUT2D eigenvalue weighted by atomic mass is 16.1. The summed E-state index contributed by atoms with van der Waals surface area (Å²) in [5.74, 6) is 0.0907. The van der Waals surface area contributed by atoms with Crippen LogP contribution in [-0.4, -0.2) is 13.0 Å². The molecule has 0 spiro atoms. The Morgan fingerprint density at radius 1 is 1.12 bits per heavy atom. The molecule has 16 heavy (non-hydrogen) atoms. The van der Waals surface area contributed by atoms with Gasteiger partial charge in [-0.15, -0.1) is 0 Å². The highest BCUT2D eigenvalue weighted by Crippen LogP contribution is 2.19. The molecule has 0 radical (unpaired) electrons. The molecule has 0 aliphatic heterocycles. The van der Waals surface area contributed by atoms with Crippen LogP contribution in [0.5, 0.6) is 0 Å². The van der Waals surface area contributed by atoms with Gasteiger partial charge < -0.3 is 5.32 Å². The van der Waals surface area contributed by atoms with Gasteiger partial charge in [0.15, 0.2) is 0 Å². The third kappa shape index (κ3) is 2.22. The minimum atomic E-state index is 0.0907. The van der Waals surface area contributed by atoms with Gasteiger partial charge in [0.05, 0.1) is 0 Å². The largest absolute Gasteiger partial charge is 0.359 e. The zero-order valence-electron chi connectivity index (χ0n) is 9.36. The summed E-state index contributed by atoms with van der Waals surface area (Å²) >= 11 is 0. The summed E-state index contributed by atoms with van der Waals surface area (Å²) < 4.78 is 0. The monoisotopic (exact) mass is 213 g/mol. The molecule has 0 saturated carbocycles. The number of fused-ring (bicyclic) bond motifs is 1. The molecule has 2 aromatic carbocycles. The molecule has 2 rings (SSSR count). The summed E-state index contributed by atoms with van der Waals surface area (Å²) in [4.78, 5) is 11.2. The van der Waals surface area contributed by atoms with Crippen LogP contribution in [0, 0.1) is 0 Å². The molecule has 82 valence electrons. The normalized spacial score (nSPS) is 10.3. The fraction of sp³-hybridized carbons (Fsp3) is 0.214. The van der Waals surface area contributed by atoms with Gasteiger partial charge in [-0.1, -0.05) is 42.5 Å². The van der Waals surface area contributed by atoms with Gasteiger partial charge in [0.2, 0.25) is 5.91 Å². The minimum absolute atomic E-state index is 0.0907. The molecule has 0 bridgehead atoms. The number of amides is 1. The Balaban J connectivity index is 2.27. The first-order chi connectivity index (χ1) is 7.81. The van der Waals surface area contributed by atoms with Gasteiger partial charge in [0.25, 0.3) is 0 Å². The van der Waals surface area contributed by atoms with E-state index in [-0.39, 0.29) is 5.91 Å². The second-order valence-corrected chi connectivity index (χ2v) is 3.81. The van der Waals surface area contributed by atoms with Crippen LogP contribution in [-0.2, 0) is 11.2 Å². The van der Waals surface area contributed by atoms with Crippen LogP contribution < -0.4 is 5.32 Å². The maximum absolute atomic E-state index is 11.2. The Kier molecular flexibility index (Phi) is 3.20. The highest BCUT2D eigenvalue weighted by Gasteiger charge is 2.03. The van der Waals surface area contributed by atoms with Gasteiger partial charge in [-0.2, -0.15) is 0 Å². The van der Waals surface area contributed by atoms with E-state index in [2.05, 4.69) is 29.6 Å². The van der Waals surface area contributed by atoms with E-state index in [4.69, 9.17) is 0 Å². The van der Waals surface area contributed by atoms with E-state index in [1.807, 2.05) is 18.2 Å². The quantitative estimate of drug-likeness (QED) is 0.834. The number of hydrogen-bond donors (Lipinski definition) is 1. The Hall–Kier alpha value is -1.83. The minimum Gasteiger partial charge on any atom is -0.359 e. The fourth-order valence-electron chi connectivity index (χ4n) is 1.88. The van der Waals surface area contributed by atoms with Crippen molar-refractivity contribution in [1.82, 2.24) is 5.32 Å². The van der Waals surface area contributed by atoms with E-state index in [1.165, 1.54) is 16.3 Å². The molecule has 2 nitrogen and oxygen atoms in total. The molecule has 0 fully saturated rings. The lowest BCUT2D eigenvalue weighted by Gasteiger charge is -2.05. The van der Waals surface area contributed by atoms with Crippen molar-refractivity contribution < 1.29 is 4.79 Å². The van der Waals surface area contributed by atoms with Crippen molar-refractivity contribution in [3.05, 3.63) is 48.0 Å². The topological polar surface area (TPSA) is 29.1 Å². The van der Waals surface area contributed by atoms with Crippen LogP contribution in [0.25, 0.3) is 10.8 Å². The molecule has 0 atom stereocenters. The van der Waals surface area contributed by atoms with Crippen molar-refractivity contribution in [2.45, 2.75) is 12.8 Å². The first kappa shape index (κ1) is 10.7. The first-order valence-electron chi connectivity index (χ1n) is 5.48. The molecule has 2 aromatic rings. The Labute approximate surface area is 95.3 Å². The molecular weight excluding hydrogens is 198 g/mol. The molecule has 0 unspecified atom stereocenters. The summed E-state index contributed by atoms with van der Waals surface area (Å²) in [6.45, 7) is 0. The molecular formula is C14H15NO. The van der Waals surface area contributed by atoms with Gasteiger partial charge in [-0.3, -0.25) is 4.79 Å². The van der Waals surface area contributed by atoms with Crippen LogP contribution >= 0.6 is 0 Å². The van der Waals surface area contributed by atoms with E-state index in [1.54, 1.807) is 7.05 Å². The number of rotatable bonds is 3. The number of benzene rings is 2. The molecule has 2 heteroatoms. The Bertz CT molecular complexity index is 500. The molecule has 0 aliphatic carbocycles. The van der Waals surface area contributed by atoms with E-state index in [9.17, 15) is 4.79 Å². The lowest BCUT2D eigenvalue weighted by atomic mass is 10.0. The number of carbonyl (C=O) groups excluding carboxylic acids is 1.